The van der Waals surface area contributed by atoms with Crippen molar-refractivity contribution in [3.63, 3.8) is 0 Å². The molecule has 0 atom stereocenters. The maximum atomic E-state index is 10.1. The van der Waals surface area contributed by atoms with Crippen molar-refractivity contribution in [3.8, 4) is 11.5 Å². The smallest absolute Gasteiger partial charge is 0.115 e. The average molecular weight is 338 g/mol. The zero-order valence-corrected chi connectivity index (χ0v) is 16.3. The van der Waals surface area contributed by atoms with Gasteiger partial charge in [-0.15, -0.1) is 0 Å². The van der Waals surface area contributed by atoms with Crippen LogP contribution in [0.3, 0.4) is 0 Å². The van der Waals surface area contributed by atoms with Gasteiger partial charge in [-0.3, -0.25) is 0 Å². The van der Waals surface area contributed by atoms with Gasteiger partial charge in [-0.2, -0.15) is 0 Å². The molecule has 0 aromatic heterocycles. The number of aromatic hydroxyl groups is 2. The van der Waals surface area contributed by atoms with Gasteiger partial charge < -0.3 is 10.2 Å². The van der Waals surface area contributed by atoms with Crippen molar-refractivity contribution in [2.75, 3.05) is 0 Å². The number of hydrogen-bond acceptors (Lipinski definition) is 2. The predicted octanol–water partition coefficient (Wildman–Crippen LogP) is 5.77. The van der Waals surface area contributed by atoms with Gasteiger partial charge in [0.2, 0.25) is 0 Å². The van der Waals surface area contributed by atoms with Gasteiger partial charge in [0.1, 0.15) is 11.5 Å². The third-order valence-corrected chi connectivity index (χ3v) is 5.98. The fourth-order valence-corrected chi connectivity index (χ4v) is 5.32. The topological polar surface area (TPSA) is 40.5 Å². The Labute approximate surface area is 151 Å². The van der Waals surface area contributed by atoms with Gasteiger partial charge in [0.25, 0.3) is 0 Å². The molecule has 1 spiro atoms. The van der Waals surface area contributed by atoms with Gasteiger partial charge in [-0.25, -0.2) is 0 Å². The molecule has 4 rings (SSSR count). The van der Waals surface area contributed by atoms with Crippen molar-refractivity contribution in [1.82, 2.24) is 0 Å². The van der Waals surface area contributed by atoms with Gasteiger partial charge >= 0.3 is 0 Å². The first-order valence-corrected chi connectivity index (χ1v) is 9.34. The minimum atomic E-state index is -0.116. The molecule has 134 valence electrons. The average Bonchev–Trinajstić information content (AvgIpc) is 2.89. The molecule has 2 aliphatic carbocycles. The van der Waals surface area contributed by atoms with E-state index in [-0.39, 0.29) is 16.2 Å². The Balaban J connectivity index is 0.000000880. The standard InChI is InChI=1S/C21H24O2.C2H6/c1-19(2)11-21(17-9-13(22)5-7-15(17)19)12-20(3,4)16-8-6-14(23)10-18(16)21;1-2/h5-10,22-23H,11-12H2,1-4H3;1-2H3. The van der Waals surface area contributed by atoms with Crippen LogP contribution in [0.1, 0.15) is 76.6 Å². The first kappa shape index (κ1) is 17.8. The van der Waals surface area contributed by atoms with E-state index >= 15 is 0 Å². The Kier molecular flexibility index (Phi) is 3.94. The number of rotatable bonds is 0. The van der Waals surface area contributed by atoms with E-state index in [9.17, 15) is 10.2 Å². The number of benzene rings is 2. The van der Waals surface area contributed by atoms with Crippen LogP contribution in [0.15, 0.2) is 36.4 Å². The van der Waals surface area contributed by atoms with Crippen molar-refractivity contribution < 1.29 is 10.2 Å². The van der Waals surface area contributed by atoms with Crippen LogP contribution < -0.4 is 0 Å². The summed E-state index contributed by atoms with van der Waals surface area (Å²) in [6.07, 6.45) is 2.03. The molecule has 0 saturated heterocycles. The maximum absolute atomic E-state index is 10.1. The first-order valence-electron chi connectivity index (χ1n) is 9.34. The summed E-state index contributed by atoms with van der Waals surface area (Å²) in [4.78, 5) is 0. The van der Waals surface area contributed by atoms with Crippen LogP contribution in [0.5, 0.6) is 11.5 Å². The van der Waals surface area contributed by atoms with E-state index in [0.29, 0.717) is 11.5 Å². The third kappa shape index (κ3) is 2.46. The zero-order chi connectivity index (χ0) is 18.6. The van der Waals surface area contributed by atoms with Crippen LogP contribution in [0.25, 0.3) is 0 Å². The molecule has 2 N–H and O–H groups in total. The molecule has 25 heavy (non-hydrogen) atoms. The van der Waals surface area contributed by atoms with Gasteiger partial charge in [0.05, 0.1) is 0 Å². The summed E-state index contributed by atoms with van der Waals surface area (Å²) in [6.45, 7) is 13.1. The molecule has 0 heterocycles. The molecule has 0 amide bonds. The maximum Gasteiger partial charge on any atom is 0.115 e. The molecule has 2 aromatic carbocycles. The normalized spacial score (nSPS) is 20.6. The summed E-state index contributed by atoms with van der Waals surface area (Å²) in [6, 6.07) is 11.6. The van der Waals surface area contributed by atoms with E-state index in [0.717, 1.165) is 12.8 Å². The highest BCUT2D eigenvalue weighted by molar-refractivity contribution is 5.61. The molecule has 2 heteroatoms. The van der Waals surface area contributed by atoms with Crippen molar-refractivity contribution in [1.29, 1.82) is 0 Å². The Hall–Kier alpha value is -1.96. The third-order valence-electron chi connectivity index (χ3n) is 5.98. The Morgan fingerprint density at radius 3 is 1.36 bits per heavy atom. The summed E-state index contributed by atoms with van der Waals surface area (Å²) < 4.78 is 0. The lowest BCUT2D eigenvalue weighted by molar-refractivity contribution is 0.348. The SMILES string of the molecule is CC.CC1(C)CC2(CC(C)(C)c3ccc(O)cc32)c2cc(O)ccc21. The van der Waals surface area contributed by atoms with Crippen LogP contribution in [0, 0.1) is 0 Å². The largest absolute Gasteiger partial charge is 0.508 e. The second-order valence-electron chi connectivity index (χ2n) is 8.66. The Morgan fingerprint density at radius 2 is 1.00 bits per heavy atom. The van der Waals surface area contributed by atoms with E-state index in [1.54, 1.807) is 12.1 Å². The molecule has 0 aliphatic heterocycles. The number of phenols is 2. The van der Waals surface area contributed by atoms with Crippen LogP contribution in [0.4, 0.5) is 0 Å². The Bertz CT molecular complexity index is 745. The van der Waals surface area contributed by atoms with E-state index < -0.39 is 0 Å². The van der Waals surface area contributed by atoms with Gasteiger partial charge in [-0.1, -0.05) is 53.7 Å². The molecular weight excluding hydrogens is 308 g/mol. The van der Waals surface area contributed by atoms with Crippen molar-refractivity contribution in [3.05, 3.63) is 58.7 Å². The van der Waals surface area contributed by atoms with Crippen molar-refractivity contribution in [2.24, 2.45) is 0 Å². The zero-order valence-electron chi connectivity index (χ0n) is 16.3. The fourth-order valence-electron chi connectivity index (χ4n) is 5.32. The summed E-state index contributed by atoms with van der Waals surface area (Å²) in [5, 5.41) is 20.2. The molecular formula is C23H30O2. The molecule has 2 nitrogen and oxygen atoms in total. The summed E-state index contributed by atoms with van der Waals surface area (Å²) in [5.74, 6) is 0.652. The van der Waals surface area contributed by atoms with Crippen LogP contribution in [0.2, 0.25) is 0 Å². The lowest BCUT2D eigenvalue weighted by Gasteiger charge is -2.30. The minimum absolute atomic E-state index is 0.0617. The second kappa shape index (κ2) is 5.52. The summed E-state index contributed by atoms with van der Waals surface area (Å²) in [7, 11) is 0. The fraction of sp³-hybridized carbons (Fsp3) is 0.478. The molecule has 0 saturated carbocycles. The summed E-state index contributed by atoms with van der Waals surface area (Å²) >= 11 is 0. The number of hydrogen-bond donors (Lipinski definition) is 2. The highest BCUT2D eigenvalue weighted by Gasteiger charge is 2.56. The van der Waals surface area contributed by atoms with Crippen LogP contribution in [-0.2, 0) is 16.2 Å². The molecule has 2 aliphatic rings. The van der Waals surface area contributed by atoms with Crippen LogP contribution >= 0.6 is 0 Å². The van der Waals surface area contributed by atoms with Crippen molar-refractivity contribution >= 4 is 0 Å². The van der Waals surface area contributed by atoms with Crippen LogP contribution in [-0.4, -0.2) is 10.2 Å². The number of phenolic OH excluding ortho intramolecular Hbond substituents is 2. The molecule has 0 fully saturated rings. The quantitative estimate of drug-likeness (QED) is 0.640. The van der Waals surface area contributed by atoms with E-state index in [1.165, 1.54) is 22.3 Å². The van der Waals surface area contributed by atoms with E-state index in [4.69, 9.17) is 0 Å². The highest BCUT2D eigenvalue weighted by Crippen LogP contribution is 2.63. The monoisotopic (exact) mass is 338 g/mol. The molecule has 0 bridgehead atoms. The lowest BCUT2D eigenvalue weighted by Crippen LogP contribution is -2.26. The first-order chi connectivity index (χ1) is 11.7. The minimum Gasteiger partial charge on any atom is -0.508 e. The van der Waals surface area contributed by atoms with Gasteiger partial charge in [-0.05, 0) is 70.2 Å². The van der Waals surface area contributed by atoms with Crippen molar-refractivity contribution in [2.45, 2.75) is 70.6 Å². The highest BCUT2D eigenvalue weighted by atomic mass is 16.3. The Morgan fingerprint density at radius 1 is 0.640 bits per heavy atom. The summed E-state index contributed by atoms with van der Waals surface area (Å²) in [5.41, 5.74) is 5.12. The van der Waals surface area contributed by atoms with E-state index in [1.807, 2.05) is 26.0 Å². The molecule has 0 unspecified atom stereocenters. The lowest BCUT2D eigenvalue weighted by atomic mass is 9.72. The van der Waals surface area contributed by atoms with E-state index in [2.05, 4.69) is 39.8 Å². The second-order valence-corrected chi connectivity index (χ2v) is 8.66. The van der Waals surface area contributed by atoms with Gasteiger partial charge in [0.15, 0.2) is 0 Å². The number of fused-ring (bicyclic) bond motifs is 4. The molecule has 0 radical (unpaired) electrons. The predicted molar refractivity (Wildman–Crippen MR) is 104 cm³/mol. The van der Waals surface area contributed by atoms with Gasteiger partial charge in [0, 0.05) is 5.41 Å². The molecule has 2 aromatic rings.